The van der Waals surface area contributed by atoms with E-state index in [1.807, 2.05) is 18.2 Å². The Morgan fingerprint density at radius 3 is 2.79 bits per heavy atom. The van der Waals surface area contributed by atoms with Crippen molar-refractivity contribution in [3.8, 4) is 0 Å². The van der Waals surface area contributed by atoms with Gasteiger partial charge in [-0.15, -0.1) is 11.8 Å². The third kappa shape index (κ3) is 4.25. The Bertz CT molecular complexity index is 444. The Morgan fingerprint density at radius 2 is 2.16 bits per heavy atom. The maximum absolute atomic E-state index is 11.8. The summed E-state index contributed by atoms with van der Waals surface area (Å²) in [4.78, 5) is 13.0. The first-order valence-corrected chi connectivity index (χ1v) is 7.70. The van der Waals surface area contributed by atoms with Crippen LogP contribution in [-0.4, -0.2) is 29.9 Å². The lowest BCUT2D eigenvalue weighted by atomic mass is 10.0. The molecule has 1 aromatic carbocycles. The van der Waals surface area contributed by atoms with E-state index in [9.17, 15) is 4.79 Å². The molecule has 1 fully saturated rings. The van der Waals surface area contributed by atoms with Crippen LogP contribution < -0.4 is 5.32 Å². The molecule has 1 amide bonds. The zero-order valence-electron chi connectivity index (χ0n) is 11.3. The number of amides is 1. The van der Waals surface area contributed by atoms with E-state index in [1.165, 1.54) is 5.56 Å². The fraction of sp³-hybridized carbons (Fsp3) is 0.533. The molecular formula is C15H21NO2S. The van der Waals surface area contributed by atoms with Crippen molar-refractivity contribution in [2.45, 2.75) is 31.1 Å². The molecule has 1 aliphatic carbocycles. The molecule has 0 heterocycles. The van der Waals surface area contributed by atoms with Crippen LogP contribution in [0.25, 0.3) is 0 Å². The number of nitrogens with one attached hydrogen (secondary N) is 1. The van der Waals surface area contributed by atoms with Crippen molar-refractivity contribution in [1.29, 1.82) is 0 Å². The van der Waals surface area contributed by atoms with Crippen LogP contribution in [0.1, 0.15) is 24.8 Å². The molecule has 19 heavy (non-hydrogen) atoms. The molecule has 1 aliphatic rings. The van der Waals surface area contributed by atoms with Crippen LogP contribution in [0, 0.1) is 12.3 Å². The van der Waals surface area contributed by atoms with E-state index in [4.69, 9.17) is 5.11 Å². The van der Waals surface area contributed by atoms with Crippen molar-refractivity contribution in [1.82, 2.24) is 5.32 Å². The number of aryl methyl sites for hydroxylation is 1. The minimum absolute atomic E-state index is 0.0810. The van der Waals surface area contributed by atoms with Crippen molar-refractivity contribution in [2.75, 3.05) is 18.9 Å². The Labute approximate surface area is 118 Å². The third-order valence-corrected chi connectivity index (χ3v) is 4.89. The SMILES string of the molecule is Cc1ccccc1SCC(=O)NCC1(CCO)CC1. The number of carbonyl (C=O) groups is 1. The van der Waals surface area contributed by atoms with Crippen LogP contribution in [0.5, 0.6) is 0 Å². The maximum Gasteiger partial charge on any atom is 0.230 e. The molecule has 0 aromatic heterocycles. The summed E-state index contributed by atoms with van der Waals surface area (Å²) in [5, 5.41) is 12.0. The fourth-order valence-corrected chi connectivity index (χ4v) is 2.99. The minimum Gasteiger partial charge on any atom is -0.396 e. The molecule has 0 radical (unpaired) electrons. The second-order valence-electron chi connectivity index (χ2n) is 5.30. The van der Waals surface area contributed by atoms with E-state index in [2.05, 4.69) is 18.3 Å². The summed E-state index contributed by atoms with van der Waals surface area (Å²) in [7, 11) is 0. The third-order valence-electron chi connectivity index (χ3n) is 3.71. The van der Waals surface area contributed by atoms with Gasteiger partial charge in [-0.1, -0.05) is 18.2 Å². The lowest BCUT2D eigenvalue weighted by Crippen LogP contribution is -2.31. The molecule has 0 atom stereocenters. The van der Waals surface area contributed by atoms with Gasteiger partial charge in [-0.3, -0.25) is 4.79 Å². The highest BCUT2D eigenvalue weighted by Crippen LogP contribution is 2.47. The van der Waals surface area contributed by atoms with Crippen molar-refractivity contribution < 1.29 is 9.90 Å². The molecule has 104 valence electrons. The van der Waals surface area contributed by atoms with Crippen LogP contribution in [0.4, 0.5) is 0 Å². The van der Waals surface area contributed by atoms with Gasteiger partial charge in [0, 0.05) is 18.0 Å². The monoisotopic (exact) mass is 279 g/mol. The molecule has 1 aromatic rings. The van der Waals surface area contributed by atoms with Gasteiger partial charge < -0.3 is 10.4 Å². The molecule has 0 aliphatic heterocycles. The zero-order chi connectivity index (χ0) is 13.7. The normalized spacial score (nSPS) is 16.1. The van der Waals surface area contributed by atoms with Gasteiger partial charge in [0.15, 0.2) is 0 Å². The molecule has 1 saturated carbocycles. The van der Waals surface area contributed by atoms with Gasteiger partial charge in [0.25, 0.3) is 0 Å². The Hall–Kier alpha value is -1.00. The molecule has 2 rings (SSSR count). The van der Waals surface area contributed by atoms with Gasteiger partial charge in [-0.05, 0) is 43.2 Å². The first-order valence-electron chi connectivity index (χ1n) is 6.71. The van der Waals surface area contributed by atoms with Gasteiger partial charge in [0.2, 0.25) is 5.91 Å². The highest BCUT2D eigenvalue weighted by Gasteiger charge is 2.41. The Balaban J connectivity index is 1.72. The number of benzene rings is 1. The first kappa shape index (κ1) is 14.4. The van der Waals surface area contributed by atoms with Crippen molar-refractivity contribution >= 4 is 17.7 Å². The second kappa shape index (κ2) is 6.44. The Morgan fingerprint density at radius 1 is 1.42 bits per heavy atom. The van der Waals surface area contributed by atoms with E-state index < -0.39 is 0 Å². The molecular weight excluding hydrogens is 258 g/mol. The van der Waals surface area contributed by atoms with Crippen LogP contribution in [0.15, 0.2) is 29.2 Å². The van der Waals surface area contributed by atoms with E-state index in [-0.39, 0.29) is 17.9 Å². The summed E-state index contributed by atoms with van der Waals surface area (Å²) in [5.74, 6) is 0.539. The number of carbonyl (C=O) groups excluding carboxylic acids is 1. The van der Waals surface area contributed by atoms with Gasteiger partial charge in [0.05, 0.1) is 5.75 Å². The summed E-state index contributed by atoms with van der Waals surface area (Å²) in [5.41, 5.74) is 1.40. The van der Waals surface area contributed by atoms with Gasteiger partial charge in [-0.25, -0.2) is 0 Å². The van der Waals surface area contributed by atoms with E-state index >= 15 is 0 Å². The summed E-state index contributed by atoms with van der Waals surface area (Å²) in [6.07, 6.45) is 3.05. The van der Waals surface area contributed by atoms with E-state index in [0.717, 1.165) is 24.2 Å². The standard InChI is InChI=1S/C15H21NO2S/c1-12-4-2-3-5-13(12)19-10-14(18)16-11-15(6-7-15)8-9-17/h2-5,17H,6-11H2,1H3,(H,16,18). The number of thioether (sulfide) groups is 1. The van der Waals surface area contributed by atoms with Crippen LogP contribution in [-0.2, 0) is 4.79 Å². The van der Waals surface area contributed by atoms with Crippen molar-refractivity contribution in [3.05, 3.63) is 29.8 Å². The van der Waals surface area contributed by atoms with Crippen LogP contribution >= 0.6 is 11.8 Å². The lowest BCUT2D eigenvalue weighted by molar-refractivity contribution is -0.118. The molecule has 0 spiro atoms. The van der Waals surface area contributed by atoms with Gasteiger partial charge in [0.1, 0.15) is 0 Å². The van der Waals surface area contributed by atoms with Crippen LogP contribution in [0.2, 0.25) is 0 Å². The lowest BCUT2D eigenvalue weighted by Gasteiger charge is -2.14. The topological polar surface area (TPSA) is 49.3 Å². The van der Waals surface area contributed by atoms with Crippen molar-refractivity contribution in [3.63, 3.8) is 0 Å². The number of aliphatic hydroxyl groups is 1. The number of aliphatic hydroxyl groups excluding tert-OH is 1. The maximum atomic E-state index is 11.8. The average molecular weight is 279 g/mol. The fourth-order valence-electron chi connectivity index (χ4n) is 2.13. The molecule has 0 bridgehead atoms. The quantitative estimate of drug-likeness (QED) is 0.753. The highest BCUT2D eigenvalue weighted by molar-refractivity contribution is 8.00. The number of rotatable bonds is 7. The largest absolute Gasteiger partial charge is 0.396 e. The first-order chi connectivity index (χ1) is 9.15. The smallest absolute Gasteiger partial charge is 0.230 e. The van der Waals surface area contributed by atoms with Crippen molar-refractivity contribution in [2.24, 2.45) is 5.41 Å². The minimum atomic E-state index is 0.0810. The molecule has 0 saturated heterocycles. The van der Waals surface area contributed by atoms with E-state index in [1.54, 1.807) is 11.8 Å². The molecule has 3 nitrogen and oxygen atoms in total. The summed E-state index contributed by atoms with van der Waals surface area (Å²) in [6, 6.07) is 8.10. The number of hydrogen-bond donors (Lipinski definition) is 2. The average Bonchev–Trinajstić information content (AvgIpc) is 3.16. The number of hydrogen-bond acceptors (Lipinski definition) is 3. The second-order valence-corrected chi connectivity index (χ2v) is 6.32. The summed E-state index contributed by atoms with van der Waals surface area (Å²) in [6.45, 7) is 2.98. The van der Waals surface area contributed by atoms with Gasteiger partial charge >= 0.3 is 0 Å². The molecule has 0 unspecified atom stereocenters. The summed E-state index contributed by atoms with van der Waals surface area (Å²) < 4.78 is 0. The van der Waals surface area contributed by atoms with Crippen LogP contribution in [0.3, 0.4) is 0 Å². The zero-order valence-corrected chi connectivity index (χ0v) is 12.1. The summed E-state index contributed by atoms with van der Waals surface area (Å²) >= 11 is 1.58. The molecule has 4 heteroatoms. The Kier molecular flexibility index (Phi) is 4.88. The van der Waals surface area contributed by atoms with Gasteiger partial charge in [-0.2, -0.15) is 0 Å². The molecule has 2 N–H and O–H groups in total. The highest BCUT2D eigenvalue weighted by atomic mass is 32.2. The predicted molar refractivity (Wildman–Crippen MR) is 78.3 cm³/mol. The van der Waals surface area contributed by atoms with E-state index in [0.29, 0.717) is 12.3 Å². The predicted octanol–water partition coefficient (Wildman–Crippen LogP) is 2.37.